The normalized spacial score (nSPS) is 21.0. The molecule has 0 radical (unpaired) electrons. The van der Waals surface area contributed by atoms with Crippen molar-refractivity contribution in [3.63, 3.8) is 0 Å². The largest absolute Gasteiger partial charge is 0.356 e. The van der Waals surface area contributed by atoms with Gasteiger partial charge in [0.05, 0.1) is 5.41 Å². The van der Waals surface area contributed by atoms with Gasteiger partial charge in [0, 0.05) is 34.2 Å². The van der Waals surface area contributed by atoms with Crippen molar-refractivity contribution in [1.82, 2.24) is 15.5 Å². The molecule has 2 aliphatic rings. The molecule has 0 aromatic rings. The average molecular weight is 468 g/mol. The van der Waals surface area contributed by atoms with Crippen molar-refractivity contribution < 1.29 is 4.79 Å². The number of carbonyl (C=O) groups excluding carboxylic acids is 1. The van der Waals surface area contributed by atoms with Crippen LogP contribution < -0.4 is 10.6 Å². The standard InChI is InChI=1S/C17H32N4OS.HI/c1-18-16(19-12-14-6-10-23-11-7-14)20-13-17(8-4-5-9-17)15(22)21(2)3;/h14H,4-13H2,1-3H3,(H2,18,19,20);1H. The molecule has 24 heavy (non-hydrogen) atoms. The van der Waals surface area contributed by atoms with Crippen LogP contribution in [0.4, 0.5) is 0 Å². The van der Waals surface area contributed by atoms with E-state index in [4.69, 9.17) is 0 Å². The fourth-order valence-electron chi connectivity index (χ4n) is 3.66. The van der Waals surface area contributed by atoms with Crippen LogP contribution in [0.15, 0.2) is 4.99 Å². The van der Waals surface area contributed by atoms with Crippen molar-refractivity contribution >= 4 is 47.6 Å². The minimum Gasteiger partial charge on any atom is -0.356 e. The Hall–Kier alpha value is -0.180. The van der Waals surface area contributed by atoms with Gasteiger partial charge in [-0.05, 0) is 43.1 Å². The summed E-state index contributed by atoms with van der Waals surface area (Å²) < 4.78 is 0. The van der Waals surface area contributed by atoms with Gasteiger partial charge in [-0.25, -0.2) is 0 Å². The first-order valence-electron chi connectivity index (χ1n) is 8.81. The van der Waals surface area contributed by atoms with E-state index in [9.17, 15) is 4.79 Å². The van der Waals surface area contributed by atoms with Crippen LogP contribution in [-0.4, -0.2) is 62.5 Å². The third-order valence-electron chi connectivity index (χ3n) is 5.14. The van der Waals surface area contributed by atoms with Crippen molar-refractivity contribution in [3.8, 4) is 0 Å². The summed E-state index contributed by atoms with van der Waals surface area (Å²) in [7, 11) is 5.52. The van der Waals surface area contributed by atoms with Gasteiger partial charge in [-0.2, -0.15) is 11.8 Å². The fraction of sp³-hybridized carbons (Fsp3) is 0.882. The lowest BCUT2D eigenvalue weighted by Crippen LogP contribution is -2.49. The Morgan fingerprint density at radius 3 is 2.38 bits per heavy atom. The number of thioether (sulfide) groups is 1. The van der Waals surface area contributed by atoms with Crippen molar-refractivity contribution in [2.75, 3.05) is 45.7 Å². The molecule has 2 N–H and O–H groups in total. The lowest BCUT2D eigenvalue weighted by Gasteiger charge is -2.31. The summed E-state index contributed by atoms with van der Waals surface area (Å²) in [5.74, 6) is 4.39. The summed E-state index contributed by atoms with van der Waals surface area (Å²) in [5.41, 5.74) is -0.247. The van der Waals surface area contributed by atoms with Crippen LogP contribution in [0.1, 0.15) is 38.5 Å². The number of nitrogens with zero attached hydrogens (tertiary/aromatic N) is 2. The predicted molar refractivity (Wildman–Crippen MR) is 114 cm³/mol. The van der Waals surface area contributed by atoms with Gasteiger partial charge in [-0.15, -0.1) is 24.0 Å². The van der Waals surface area contributed by atoms with Gasteiger partial charge in [-0.1, -0.05) is 12.8 Å². The molecule has 0 aromatic heterocycles. The summed E-state index contributed by atoms with van der Waals surface area (Å²) in [4.78, 5) is 18.7. The van der Waals surface area contributed by atoms with Crippen LogP contribution in [0.5, 0.6) is 0 Å². The van der Waals surface area contributed by atoms with E-state index in [1.165, 1.54) is 24.3 Å². The van der Waals surface area contributed by atoms with Gasteiger partial charge in [0.15, 0.2) is 5.96 Å². The number of halogens is 1. The molecular weight excluding hydrogens is 435 g/mol. The molecule has 0 spiro atoms. The van der Waals surface area contributed by atoms with Crippen LogP contribution in [0.2, 0.25) is 0 Å². The number of nitrogens with one attached hydrogen (secondary N) is 2. The van der Waals surface area contributed by atoms with Crippen LogP contribution in [0.25, 0.3) is 0 Å². The molecule has 0 aromatic carbocycles. The quantitative estimate of drug-likeness (QED) is 0.370. The smallest absolute Gasteiger partial charge is 0.230 e. The summed E-state index contributed by atoms with van der Waals surface area (Å²) >= 11 is 2.06. The number of hydrogen-bond donors (Lipinski definition) is 2. The van der Waals surface area contributed by atoms with Crippen LogP contribution in [0, 0.1) is 11.3 Å². The number of amides is 1. The van der Waals surface area contributed by atoms with E-state index in [0.717, 1.165) is 44.1 Å². The third-order valence-corrected chi connectivity index (χ3v) is 6.19. The van der Waals surface area contributed by atoms with E-state index in [-0.39, 0.29) is 35.3 Å². The number of rotatable bonds is 5. The first-order valence-corrected chi connectivity index (χ1v) is 9.97. The summed E-state index contributed by atoms with van der Waals surface area (Å²) in [6.07, 6.45) is 6.83. The molecule has 2 fully saturated rings. The van der Waals surface area contributed by atoms with Gasteiger partial charge in [0.1, 0.15) is 0 Å². The Labute approximate surface area is 168 Å². The number of guanidine groups is 1. The Kier molecular flexibility index (Phi) is 9.77. The van der Waals surface area contributed by atoms with Crippen LogP contribution in [-0.2, 0) is 4.79 Å². The van der Waals surface area contributed by atoms with Crippen LogP contribution in [0.3, 0.4) is 0 Å². The second-order valence-electron chi connectivity index (χ2n) is 7.05. The Bertz CT molecular complexity index is 419. The third kappa shape index (κ3) is 5.97. The molecule has 0 bridgehead atoms. The summed E-state index contributed by atoms with van der Waals surface area (Å²) in [6.45, 7) is 1.67. The lowest BCUT2D eigenvalue weighted by molar-refractivity contribution is -0.138. The maximum atomic E-state index is 12.6. The zero-order valence-electron chi connectivity index (χ0n) is 15.3. The van der Waals surface area contributed by atoms with Crippen molar-refractivity contribution in [1.29, 1.82) is 0 Å². The molecule has 1 saturated heterocycles. The van der Waals surface area contributed by atoms with Crippen molar-refractivity contribution in [2.45, 2.75) is 38.5 Å². The maximum Gasteiger partial charge on any atom is 0.230 e. The van der Waals surface area contributed by atoms with E-state index < -0.39 is 0 Å². The lowest BCUT2D eigenvalue weighted by atomic mass is 9.84. The molecule has 2 rings (SSSR count). The minimum absolute atomic E-state index is 0. The van der Waals surface area contributed by atoms with Crippen LogP contribution >= 0.6 is 35.7 Å². The second kappa shape index (κ2) is 10.7. The van der Waals surface area contributed by atoms with Gasteiger partial charge >= 0.3 is 0 Å². The highest BCUT2D eigenvalue weighted by Gasteiger charge is 2.42. The topological polar surface area (TPSA) is 56.7 Å². The van der Waals surface area contributed by atoms with E-state index in [2.05, 4.69) is 27.4 Å². The molecule has 140 valence electrons. The molecule has 7 heteroatoms. The SMILES string of the molecule is CN=C(NCC1CCSCC1)NCC1(C(=O)N(C)C)CCCC1.I. The zero-order valence-corrected chi connectivity index (χ0v) is 18.4. The zero-order chi connectivity index (χ0) is 16.7. The second-order valence-corrected chi connectivity index (χ2v) is 8.27. The van der Waals surface area contributed by atoms with Gasteiger partial charge in [0.25, 0.3) is 0 Å². The highest BCUT2D eigenvalue weighted by molar-refractivity contribution is 14.0. The molecule has 5 nitrogen and oxygen atoms in total. The monoisotopic (exact) mass is 468 g/mol. The molecule has 1 aliphatic carbocycles. The number of carbonyl (C=O) groups is 1. The molecule has 1 aliphatic heterocycles. The van der Waals surface area contributed by atoms with Gasteiger partial charge < -0.3 is 15.5 Å². The first-order chi connectivity index (χ1) is 11.1. The summed E-state index contributed by atoms with van der Waals surface area (Å²) in [6, 6.07) is 0. The Morgan fingerprint density at radius 2 is 1.83 bits per heavy atom. The number of hydrogen-bond acceptors (Lipinski definition) is 3. The van der Waals surface area contributed by atoms with E-state index in [1.807, 2.05) is 14.1 Å². The van der Waals surface area contributed by atoms with E-state index in [1.54, 1.807) is 11.9 Å². The van der Waals surface area contributed by atoms with E-state index in [0.29, 0.717) is 6.54 Å². The molecule has 0 atom stereocenters. The minimum atomic E-state index is -0.247. The maximum absolute atomic E-state index is 12.6. The van der Waals surface area contributed by atoms with Crippen molar-refractivity contribution in [3.05, 3.63) is 0 Å². The van der Waals surface area contributed by atoms with E-state index >= 15 is 0 Å². The first kappa shape index (κ1) is 21.9. The predicted octanol–water partition coefficient (Wildman–Crippen LogP) is 2.56. The molecule has 1 heterocycles. The molecule has 0 unspecified atom stereocenters. The Morgan fingerprint density at radius 1 is 1.21 bits per heavy atom. The highest BCUT2D eigenvalue weighted by Crippen LogP contribution is 2.38. The fourth-order valence-corrected chi connectivity index (χ4v) is 4.86. The van der Waals surface area contributed by atoms with Crippen molar-refractivity contribution in [2.24, 2.45) is 16.3 Å². The molecule has 1 amide bonds. The molecular formula is C17H33IN4OS. The molecule has 1 saturated carbocycles. The van der Waals surface area contributed by atoms with Gasteiger partial charge in [0.2, 0.25) is 5.91 Å². The number of aliphatic imine (C=N–C) groups is 1. The average Bonchev–Trinajstić information content (AvgIpc) is 3.05. The summed E-state index contributed by atoms with van der Waals surface area (Å²) in [5, 5.41) is 6.87. The van der Waals surface area contributed by atoms with Gasteiger partial charge in [-0.3, -0.25) is 9.79 Å². The Balaban J connectivity index is 0.00000288. The highest BCUT2D eigenvalue weighted by atomic mass is 127.